The number of rotatable bonds is 3. The highest BCUT2D eigenvalue weighted by molar-refractivity contribution is 5.98. The van der Waals surface area contributed by atoms with Gasteiger partial charge < -0.3 is 9.88 Å². The molecule has 0 fully saturated rings. The minimum atomic E-state index is -0.209. The van der Waals surface area contributed by atoms with E-state index >= 15 is 0 Å². The van der Waals surface area contributed by atoms with Gasteiger partial charge in [-0.2, -0.15) is 0 Å². The summed E-state index contributed by atoms with van der Waals surface area (Å²) in [6.45, 7) is 4.42. The van der Waals surface area contributed by atoms with Gasteiger partial charge in [-0.3, -0.25) is 4.79 Å². The first kappa shape index (κ1) is 13.5. The molecule has 2 heterocycles. The lowest BCUT2D eigenvalue weighted by molar-refractivity contribution is -0.111. The van der Waals surface area contributed by atoms with Crippen molar-refractivity contribution < 1.29 is 4.79 Å². The number of carbonyl (C=O) groups is 1. The van der Waals surface area contributed by atoms with Crippen LogP contribution in [0.4, 0.5) is 5.69 Å². The monoisotopic (exact) mass is 282 g/mol. The zero-order valence-corrected chi connectivity index (χ0v) is 11.9. The number of benzene rings is 1. The molecule has 0 saturated heterocycles. The molecular weight excluding hydrogens is 264 g/mol. The fraction of sp³-hybridized carbons (Fsp3) is 0.312. The summed E-state index contributed by atoms with van der Waals surface area (Å²) in [5.74, 6) is 1.78. The van der Waals surface area contributed by atoms with Crippen LogP contribution in [0.1, 0.15) is 25.1 Å². The third-order valence-corrected chi connectivity index (χ3v) is 3.71. The molecule has 1 aromatic heterocycles. The van der Waals surface area contributed by atoms with Crippen molar-refractivity contribution in [3.63, 3.8) is 0 Å². The Morgan fingerprint density at radius 3 is 2.76 bits per heavy atom. The number of fused-ring (bicyclic) bond motifs is 1. The van der Waals surface area contributed by atoms with Gasteiger partial charge in [-0.05, 0) is 43.2 Å². The number of aryl methyl sites for hydroxylation is 1. The van der Waals surface area contributed by atoms with Gasteiger partial charge >= 0.3 is 0 Å². The number of hydrogen-bond acceptors (Lipinski definition) is 3. The molecule has 3 rings (SSSR count). The van der Waals surface area contributed by atoms with Gasteiger partial charge in [0.25, 0.3) is 0 Å². The Hall–Kier alpha value is -2.43. The molecule has 1 aromatic carbocycles. The predicted molar refractivity (Wildman–Crippen MR) is 81.8 cm³/mol. The van der Waals surface area contributed by atoms with Gasteiger partial charge in [0.2, 0.25) is 5.91 Å². The number of nitrogens with zero attached hydrogens (tertiary/aromatic N) is 3. The van der Waals surface area contributed by atoms with Gasteiger partial charge in [0.15, 0.2) is 5.82 Å². The molecule has 0 bridgehead atoms. The Bertz CT molecular complexity index is 657. The molecule has 21 heavy (non-hydrogen) atoms. The van der Waals surface area contributed by atoms with E-state index in [1.165, 1.54) is 25.3 Å². The van der Waals surface area contributed by atoms with Gasteiger partial charge in [-0.15, -0.1) is 10.2 Å². The molecule has 0 aliphatic carbocycles. The lowest BCUT2D eigenvalue weighted by atomic mass is 10.2. The van der Waals surface area contributed by atoms with Gasteiger partial charge in [0.1, 0.15) is 5.82 Å². The Kier molecular flexibility index (Phi) is 3.81. The third-order valence-electron chi connectivity index (χ3n) is 3.71. The van der Waals surface area contributed by atoms with Gasteiger partial charge in [0.05, 0.1) is 0 Å². The van der Waals surface area contributed by atoms with E-state index in [1.807, 2.05) is 24.3 Å². The van der Waals surface area contributed by atoms with Gasteiger partial charge in [-0.1, -0.05) is 13.0 Å². The van der Waals surface area contributed by atoms with Crippen LogP contribution >= 0.6 is 0 Å². The molecule has 5 nitrogen and oxygen atoms in total. The van der Waals surface area contributed by atoms with Crippen LogP contribution < -0.4 is 5.32 Å². The highest BCUT2D eigenvalue weighted by Crippen LogP contribution is 2.23. The Labute approximate surface area is 123 Å². The van der Waals surface area contributed by atoms with Crippen molar-refractivity contribution in [1.29, 1.82) is 0 Å². The molecule has 0 atom stereocenters. The second-order valence-corrected chi connectivity index (χ2v) is 5.17. The van der Waals surface area contributed by atoms with E-state index < -0.39 is 0 Å². The highest BCUT2D eigenvalue weighted by atomic mass is 16.1. The molecule has 0 spiro atoms. The maximum Gasteiger partial charge on any atom is 0.247 e. The van der Waals surface area contributed by atoms with E-state index in [2.05, 4.69) is 26.7 Å². The summed E-state index contributed by atoms with van der Waals surface area (Å²) in [4.78, 5) is 11.3. The largest absolute Gasteiger partial charge is 0.323 e. The van der Waals surface area contributed by atoms with Crippen LogP contribution in [0.3, 0.4) is 0 Å². The molecule has 0 unspecified atom stereocenters. The van der Waals surface area contributed by atoms with E-state index in [4.69, 9.17) is 0 Å². The smallest absolute Gasteiger partial charge is 0.247 e. The maximum absolute atomic E-state index is 11.3. The van der Waals surface area contributed by atoms with Crippen LogP contribution in [0.15, 0.2) is 36.9 Å². The first-order valence-electron chi connectivity index (χ1n) is 7.24. The summed E-state index contributed by atoms with van der Waals surface area (Å²) in [7, 11) is 0. The predicted octanol–water partition coefficient (Wildman–Crippen LogP) is 2.80. The van der Waals surface area contributed by atoms with Crippen LogP contribution in [0, 0.1) is 0 Å². The van der Waals surface area contributed by atoms with Crippen molar-refractivity contribution in [2.75, 3.05) is 5.32 Å². The summed E-state index contributed by atoms with van der Waals surface area (Å²) in [5.41, 5.74) is 1.77. The molecule has 2 aromatic rings. The molecule has 1 aliphatic heterocycles. The summed E-state index contributed by atoms with van der Waals surface area (Å²) in [6.07, 6.45) is 5.86. The quantitative estimate of drug-likeness (QED) is 0.881. The van der Waals surface area contributed by atoms with Crippen LogP contribution in [-0.2, 0) is 17.8 Å². The fourth-order valence-corrected chi connectivity index (χ4v) is 2.59. The highest BCUT2D eigenvalue weighted by Gasteiger charge is 2.15. The topological polar surface area (TPSA) is 59.8 Å². The van der Waals surface area contributed by atoms with E-state index in [9.17, 15) is 4.79 Å². The van der Waals surface area contributed by atoms with Crippen LogP contribution in [0.5, 0.6) is 0 Å². The Morgan fingerprint density at radius 2 is 2.00 bits per heavy atom. The van der Waals surface area contributed by atoms with Gasteiger partial charge in [0, 0.05) is 24.2 Å². The molecule has 5 heteroatoms. The Balaban J connectivity index is 1.86. The number of carbonyl (C=O) groups excluding carboxylic acids is 1. The number of amides is 1. The van der Waals surface area contributed by atoms with Crippen molar-refractivity contribution in [2.45, 2.75) is 32.2 Å². The number of aromatic nitrogens is 3. The van der Waals surface area contributed by atoms with Crippen molar-refractivity contribution in [2.24, 2.45) is 0 Å². The van der Waals surface area contributed by atoms with Crippen molar-refractivity contribution >= 4 is 11.6 Å². The van der Waals surface area contributed by atoms with Gasteiger partial charge in [-0.25, -0.2) is 0 Å². The normalized spacial score (nSPS) is 14.1. The first-order chi connectivity index (χ1) is 10.3. The second-order valence-electron chi connectivity index (χ2n) is 5.17. The third kappa shape index (κ3) is 2.86. The number of anilines is 1. The Morgan fingerprint density at radius 1 is 1.19 bits per heavy atom. The lowest BCUT2D eigenvalue weighted by Crippen LogP contribution is -2.07. The standard InChI is InChI=1S/C16H18N4O/c1-2-15(21)17-13-9-7-12(8-10-13)16-19-18-14-6-4-3-5-11-20(14)16/h2,7-10H,1,3-6,11H2,(H,17,21). The molecular formula is C16H18N4O. The summed E-state index contributed by atoms with van der Waals surface area (Å²) < 4.78 is 2.21. The van der Waals surface area contributed by atoms with Crippen LogP contribution in [0.25, 0.3) is 11.4 Å². The van der Waals surface area contributed by atoms with E-state index in [0.29, 0.717) is 0 Å². The second kappa shape index (κ2) is 5.91. The van der Waals surface area contributed by atoms with Crippen molar-refractivity contribution in [3.05, 3.63) is 42.7 Å². The minimum Gasteiger partial charge on any atom is -0.323 e. The average Bonchev–Trinajstić information content (AvgIpc) is 2.76. The fourth-order valence-electron chi connectivity index (χ4n) is 2.59. The number of nitrogens with one attached hydrogen (secondary N) is 1. The minimum absolute atomic E-state index is 0.209. The average molecular weight is 282 g/mol. The van der Waals surface area contributed by atoms with E-state index in [-0.39, 0.29) is 5.91 Å². The van der Waals surface area contributed by atoms with E-state index in [1.54, 1.807) is 0 Å². The van der Waals surface area contributed by atoms with Crippen LogP contribution in [-0.4, -0.2) is 20.7 Å². The summed E-state index contributed by atoms with van der Waals surface area (Å²) in [5, 5.41) is 11.4. The van der Waals surface area contributed by atoms with Crippen LogP contribution in [0.2, 0.25) is 0 Å². The van der Waals surface area contributed by atoms with Crippen molar-refractivity contribution in [1.82, 2.24) is 14.8 Å². The molecule has 0 saturated carbocycles. The maximum atomic E-state index is 11.3. The SMILES string of the molecule is C=CC(=O)Nc1ccc(-c2nnc3n2CCCCC3)cc1. The number of hydrogen-bond donors (Lipinski definition) is 1. The molecule has 1 amide bonds. The van der Waals surface area contributed by atoms with Crippen molar-refractivity contribution in [3.8, 4) is 11.4 Å². The molecule has 0 radical (unpaired) electrons. The summed E-state index contributed by atoms with van der Waals surface area (Å²) >= 11 is 0. The lowest BCUT2D eigenvalue weighted by Gasteiger charge is -2.08. The zero-order chi connectivity index (χ0) is 14.7. The summed E-state index contributed by atoms with van der Waals surface area (Å²) in [6, 6.07) is 7.66. The molecule has 1 aliphatic rings. The van der Waals surface area contributed by atoms with E-state index in [0.717, 1.165) is 35.9 Å². The molecule has 108 valence electrons. The molecule has 1 N–H and O–H groups in total. The zero-order valence-electron chi connectivity index (χ0n) is 11.9. The first-order valence-corrected chi connectivity index (χ1v) is 7.24.